The number of rotatable bonds is 5. The Morgan fingerprint density at radius 3 is 2.88 bits per heavy atom. The average Bonchev–Trinajstić information content (AvgIpc) is 3.00. The predicted molar refractivity (Wildman–Crippen MR) is 62.1 cm³/mol. The molecule has 0 radical (unpaired) electrons. The van der Waals surface area contributed by atoms with E-state index < -0.39 is 0 Å². The Balaban J connectivity index is 1.93. The van der Waals surface area contributed by atoms with E-state index in [4.69, 9.17) is 4.74 Å². The maximum Gasteiger partial charge on any atom is 0.230 e. The van der Waals surface area contributed by atoms with E-state index in [1.807, 2.05) is 0 Å². The molecule has 1 aliphatic heterocycles. The van der Waals surface area contributed by atoms with Crippen LogP contribution in [0.3, 0.4) is 0 Å². The third kappa shape index (κ3) is 2.38. The van der Waals surface area contributed by atoms with Crippen LogP contribution in [0.5, 0.6) is 0 Å². The monoisotopic (exact) mass is 226 g/mol. The van der Waals surface area contributed by atoms with Gasteiger partial charge in [0, 0.05) is 19.7 Å². The zero-order valence-corrected chi connectivity index (χ0v) is 10.2. The number of hydrogen-bond acceptors (Lipinski definition) is 3. The molecule has 16 heavy (non-hydrogen) atoms. The highest BCUT2D eigenvalue weighted by atomic mass is 16.5. The first-order chi connectivity index (χ1) is 7.68. The maximum atomic E-state index is 12.3. The molecule has 2 fully saturated rings. The summed E-state index contributed by atoms with van der Waals surface area (Å²) in [6.07, 6.45) is 3.40. The molecule has 1 saturated carbocycles. The third-order valence-electron chi connectivity index (χ3n) is 3.83. The summed E-state index contributed by atoms with van der Waals surface area (Å²) >= 11 is 0. The normalized spacial score (nSPS) is 31.4. The molecule has 1 amide bonds. The van der Waals surface area contributed by atoms with Gasteiger partial charge in [-0.2, -0.15) is 0 Å². The van der Waals surface area contributed by atoms with Crippen molar-refractivity contribution >= 4 is 5.91 Å². The van der Waals surface area contributed by atoms with Gasteiger partial charge in [-0.1, -0.05) is 0 Å². The lowest BCUT2D eigenvalue weighted by Crippen LogP contribution is -2.48. The quantitative estimate of drug-likeness (QED) is 0.719. The molecule has 2 N–H and O–H groups in total. The first-order valence-corrected chi connectivity index (χ1v) is 6.18. The molecule has 2 aliphatic rings. The zero-order chi connectivity index (χ0) is 11.6. The Kier molecular flexibility index (Phi) is 3.50. The van der Waals surface area contributed by atoms with E-state index in [1.54, 1.807) is 7.11 Å². The van der Waals surface area contributed by atoms with E-state index >= 15 is 0 Å². The summed E-state index contributed by atoms with van der Waals surface area (Å²) in [5.74, 6) is 0.872. The molecule has 0 bridgehead atoms. The van der Waals surface area contributed by atoms with Gasteiger partial charge in [-0.3, -0.25) is 4.79 Å². The van der Waals surface area contributed by atoms with Crippen LogP contribution in [0.2, 0.25) is 0 Å². The van der Waals surface area contributed by atoms with Gasteiger partial charge in [0.15, 0.2) is 0 Å². The SMILES string of the molecule is COCC1(C(=O)NC(C)C2CC2)CCNC1. The number of methoxy groups -OCH3 is 1. The second kappa shape index (κ2) is 4.72. The lowest BCUT2D eigenvalue weighted by atomic mass is 9.86. The minimum atomic E-state index is -0.335. The van der Waals surface area contributed by atoms with Crippen LogP contribution in [0, 0.1) is 11.3 Å². The molecule has 2 atom stereocenters. The van der Waals surface area contributed by atoms with E-state index in [9.17, 15) is 4.79 Å². The smallest absolute Gasteiger partial charge is 0.230 e. The molecular weight excluding hydrogens is 204 g/mol. The first-order valence-electron chi connectivity index (χ1n) is 6.18. The largest absolute Gasteiger partial charge is 0.384 e. The van der Waals surface area contributed by atoms with E-state index in [0.29, 0.717) is 18.6 Å². The van der Waals surface area contributed by atoms with Gasteiger partial charge < -0.3 is 15.4 Å². The highest BCUT2D eigenvalue weighted by Gasteiger charge is 2.42. The van der Waals surface area contributed by atoms with Crippen LogP contribution in [0.15, 0.2) is 0 Å². The third-order valence-corrected chi connectivity index (χ3v) is 3.83. The van der Waals surface area contributed by atoms with Crippen molar-refractivity contribution in [3.05, 3.63) is 0 Å². The van der Waals surface area contributed by atoms with Gasteiger partial charge >= 0.3 is 0 Å². The van der Waals surface area contributed by atoms with Gasteiger partial charge in [0.2, 0.25) is 5.91 Å². The van der Waals surface area contributed by atoms with Crippen LogP contribution >= 0.6 is 0 Å². The van der Waals surface area contributed by atoms with Crippen molar-refractivity contribution in [1.82, 2.24) is 10.6 Å². The summed E-state index contributed by atoms with van der Waals surface area (Å²) in [7, 11) is 1.66. The van der Waals surface area contributed by atoms with Crippen LogP contribution < -0.4 is 10.6 Å². The second-order valence-corrected chi connectivity index (χ2v) is 5.24. The van der Waals surface area contributed by atoms with Crippen molar-refractivity contribution in [3.63, 3.8) is 0 Å². The van der Waals surface area contributed by atoms with Crippen LogP contribution in [0.1, 0.15) is 26.2 Å². The van der Waals surface area contributed by atoms with E-state index in [1.165, 1.54) is 12.8 Å². The summed E-state index contributed by atoms with van der Waals surface area (Å²) in [5.41, 5.74) is -0.335. The van der Waals surface area contributed by atoms with Crippen LogP contribution in [-0.4, -0.2) is 38.8 Å². The fraction of sp³-hybridized carbons (Fsp3) is 0.917. The standard InChI is InChI=1S/C12H22N2O2/c1-9(10-3-4-10)14-11(15)12(8-16-2)5-6-13-7-12/h9-10,13H,3-8H2,1-2H3,(H,14,15). The Hall–Kier alpha value is -0.610. The Bertz CT molecular complexity index is 258. The zero-order valence-electron chi connectivity index (χ0n) is 10.2. The Morgan fingerprint density at radius 2 is 2.38 bits per heavy atom. The van der Waals surface area contributed by atoms with Crippen molar-refractivity contribution in [3.8, 4) is 0 Å². The summed E-state index contributed by atoms with van der Waals surface area (Å²) in [4.78, 5) is 12.3. The minimum absolute atomic E-state index is 0.166. The fourth-order valence-corrected chi connectivity index (χ4v) is 2.48. The molecule has 2 unspecified atom stereocenters. The highest BCUT2D eigenvalue weighted by molar-refractivity contribution is 5.83. The predicted octanol–water partition coefficient (Wildman–Crippen LogP) is 0.527. The van der Waals surface area contributed by atoms with Crippen molar-refractivity contribution in [1.29, 1.82) is 0 Å². The molecule has 1 heterocycles. The number of nitrogens with one attached hydrogen (secondary N) is 2. The summed E-state index contributed by atoms with van der Waals surface area (Å²) in [6.45, 7) is 4.28. The minimum Gasteiger partial charge on any atom is -0.384 e. The number of carbonyl (C=O) groups excluding carboxylic acids is 1. The average molecular weight is 226 g/mol. The molecule has 0 aromatic heterocycles. The molecule has 4 heteroatoms. The number of amides is 1. The molecular formula is C12H22N2O2. The van der Waals surface area contributed by atoms with Crippen molar-refractivity contribution in [2.45, 2.75) is 32.2 Å². The number of hydrogen-bond donors (Lipinski definition) is 2. The van der Waals surface area contributed by atoms with Gasteiger partial charge in [0.25, 0.3) is 0 Å². The fourth-order valence-electron chi connectivity index (χ4n) is 2.48. The molecule has 2 rings (SSSR count). The van der Waals surface area contributed by atoms with E-state index in [-0.39, 0.29) is 11.3 Å². The molecule has 92 valence electrons. The van der Waals surface area contributed by atoms with Gasteiger partial charge in [-0.05, 0) is 38.6 Å². The molecule has 0 aromatic rings. The molecule has 4 nitrogen and oxygen atoms in total. The first kappa shape index (κ1) is 11.9. The van der Waals surface area contributed by atoms with Gasteiger partial charge in [-0.15, -0.1) is 0 Å². The second-order valence-electron chi connectivity index (χ2n) is 5.24. The van der Waals surface area contributed by atoms with Crippen LogP contribution in [-0.2, 0) is 9.53 Å². The molecule has 0 aromatic carbocycles. The molecule has 1 aliphatic carbocycles. The highest BCUT2D eigenvalue weighted by Crippen LogP contribution is 2.33. The summed E-state index contributed by atoms with van der Waals surface area (Å²) in [5, 5.41) is 6.41. The Morgan fingerprint density at radius 1 is 1.62 bits per heavy atom. The Labute approximate surface area is 97.1 Å². The number of ether oxygens (including phenoxy) is 1. The van der Waals surface area contributed by atoms with Crippen molar-refractivity contribution in [2.75, 3.05) is 26.8 Å². The molecule has 0 spiro atoms. The van der Waals surface area contributed by atoms with E-state index in [2.05, 4.69) is 17.6 Å². The van der Waals surface area contributed by atoms with Crippen molar-refractivity contribution in [2.24, 2.45) is 11.3 Å². The lowest BCUT2D eigenvalue weighted by molar-refractivity contribution is -0.133. The molecule has 1 saturated heterocycles. The summed E-state index contributed by atoms with van der Waals surface area (Å²) in [6, 6.07) is 0.321. The maximum absolute atomic E-state index is 12.3. The van der Waals surface area contributed by atoms with Crippen molar-refractivity contribution < 1.29 is 9.53 Å². The summed E-state index contributed by atoms with van der Waals surface area (Å²) < 4.78 is 5.21. The van der Waals surface area contributed by atoms with E-state index in [0.717, 1.165) is 19.5 Å². The van der Waals surface area contributed by atoms with Crippen LogP contribution in [0.25, 0.3) is 0 Å². The van der Waals surface area contributed by atoms with Gasteiger partial charge in [0.1, 0.15) is 0 Å². The number of carbonyl (C=O) groups is 1. The van der Waals surface area contributed by atoms with Gasteiger partial charge in [-0.25, -0.2) is 0 Å². The lowest BCUT2D eigenvalue weighted by Gasteiger charge is -2.28. The topological polar surface area (TPSA) is 50.4 Å². The van der Waals surface area contributed by atoms with Gasteiger partial charge in [0.05, 0.1) is 12.0 Å². The van der Waals surface area contributed by atoms with Crippen LogP contribution in [0.4, 0.5) is 0 Å².